The van der Waals surface area contributed by atoms with Crippen molar-refractivity contribution < 1.29 is 9.53 Å². The summed E-state index contributed by atoms with van der Waals surface area (Å²) in [6.07, 6.45) is 0. The molecule has 4 heteroatoms. The topological polar surface area (TPSA) is 55.6 Å². The smallest absolute Gasteiger partial charge is 0.258 e. The molecule has 3 rings (SSSR count). The third-order valence-corrected chi connectivity index (χ3v) is 3.85. The number of carbonyl (C=O) groups is 1. The molecule has 0 unspecified atom stereocenters. The number of para-hydroxylation sites is 1. The Labute approximate surface area is 124 Å². The number of hydrogen-bond donors (Lipinski definition) is 1. The molecule has 2 aromatic rings. The molecule has 1 aliphatic heterocycles. The van der Waals surface area contributed by atoms with E-state index < -0.39 is 0 Å². The van der Waals surface area contributed by atoms with Crippen molar-refractivity contribution in [3.8, 4) is 0 Å². The standard InChI is InChI=1S/C17H18N2O2/c1-19(16-5-3-2-4-13(16)9-18)17(20)12-6-7-14-10-21-11-15(14)8-12/h2-8H,9-11,18H2,1H3. The first-order chi connectivity index (χ1) is 10.2. The van der Waals surface area contributed by atoms with E-state index in [-0.39, 0.29) is 5.91 Å². The number of rotatable bonds is 3. The van der Waals surface area contributed by atoms with Gasteiger partial charge in [-0.2, -0.15) is 0 Å². The summed E-state index contributed by atoms with van der Waals surface area (Å²) < 4.78 is 5.39. The third-order valence-electron chi connectivity index (χ3n) is 3.85. The maximum Gasteiger partial charge on any atom is 0.258 e. The number of fused-ring (bicyclic) bond motifs is 1. The molecule has 0 bridgehead atoms. The van der Waals surface area contributed by atoms with E-state index in [0.29, 0.717) is 25.3 Å². The van der Waals surface area contributed by atoms with Gasteiger partial charge in [0.05, 0.1) is 13.2 Å². The molecular formula is C17H18N2O2. The van der Waals surface area contributed by atoms with Crippen LogP contribution in [0, 0.1) is 0 Å². The summed E-state index contributed by atoms with van der Waals surface area (Å²) in [5.41, 5.74) is 10.5. The second-order valence-electron chi connectivity index (χ2n) is 5.17. The fraction of sp³-hybridized carbons (Fsp3) is 0.235. The van der Waals surface area contributed by atoms with Crippen LogP contribution in [0.4, 0.5) is 5.69 Å². The van der Waals surface area contributed by atoms with E-state index >= 15 is 0 Å². The van der Waals surface area contributed by atoms with Crippen LogP contribution in [-0.4, -0.2) is 13.0 Å². The van der Waals surface area contributed by atoms with E-state index in [9.17, 15) is 4.79 Å². The fourth-order valence-electron chi connectivity index (χ4n) is 2.62. The quantitative estimate of drug-likeness (QED) is 0.940. The highest BCUT2D eigenvalue weighted by Gasteiger charge is 2.18. The van der Waals surface area contributed by atoms with Gasteiger partial charge in [-0.25, -0.2) is 0 Å². The molecule has 2 aromatic carbocycles. The van der Waals surface area contributed by atoms with Gasteiger partial charge in [0, 0.05) is 24.8 Å². The molecule has 0 aromatic heterocycles. The highest BCUT2D eigenvalue weighted by atomic mass is 16.5. The van der Waals surface area contributed by atoms with E-state index in [4.69, 9.17) is 10.5 Å². The number of ether oxygens (including phenoxy) is 1. The van der Waals surface area contributed by atoms with Crippen molar-refractivity contribution in [3.63, 3.8) is 0 Å². The van der Waals surface area contributed by atoms with Crippen molar-refractivity contribution in [1.29, 1.82) is 0 Å². The fourth-order valence-corrected chi connectivity index (χ4v) is 2.62. The summed E-state index contributed by atoms with van der Waals surface area (Å²) in [5.74, 6) is -0.0365. The van der Waals surface area contributed by atoms with Crippen molar-refractivity contribution in [2.45, 2.75) is 19.8 Å². The molecule has 1 heterocycles. The van der Waals surface area contributed by atoms with E-state index in [1.54, 1.807) is 11.9 Å². The molecule has 1 aliphatic rings. The first kappa shape index (κ1) is 13.8. The predicted molar refractivity (Wildman–Crippen MR) is 82.0 cm³/mol. The van der Waals surface area contributed by atoms with E-state index in [2.05, 4.69) is 0 Å². The zero-order valence-electron chi connectivity index (χ0n) is 12.0. The predicted octanol–water partition coefficient (Wildman–Crippen LogP) is 2.45. The maximum absolute atomic E-state index is 12.7. The molecule has 1 amide bonds. The Morgan fingerprint density at radius 2 is 1.95 bits per heavy atom. The van der Waals surface area contributed by atoms with Crippen molar-refractivity contribution >= 4 is 11.6 Å². The van der Waals surface area contributed by atoms with E-state index in [1.807, 2.05) is 42.5 Å². The lowest BCUT2D eigenvalue weighted by molar-refractivity contribution is 0.0992. The lowest BCUT2D eigenvalue weighted by Gasteiger charge is -2.20. The first-order valence-electron chi connectivity index (χ1n) is 6.96. The Bertz CT molecular complexity index is 682. The Kier molecular flexibility index (Phi) is 3.73. The molecule has 0 saturated heterocycles. The van der Waals surface area contributed by atoms with E-state index in [1.165, 1.54) is 0 Å². The normalized spacial score (nSPS) is 13.0. The van der Waals surface area contributed by atoms with Crippen LogP contribution in [0.3, 0.4) is 0 Å². The highest BCUT2D eigenvalue weighted by molar-refractivity contribution is 6.06. The molecular weight excluding hydrogens is 264 g/mol. The van der Waals surface area contributed by atoms with Crippen LogP contribution in [0.25, 0.3) is 0 Å². The van der Waals surface area contributed by atoms with Crippen LogP contribution in [0.5, 0.6) is 0 Å². The van der Waals surface area contributed by atoms with Gasteiger partial charge in [-0.05, 0) is 34.9 Å². The SMILES string of the molecule is CN(C(=O)c1ccc2c(c1)COC2)c1ccccc1CN. The first-order valence-corrected chi connectivity index (χ1v) is 6.96. The Hall–Kier alpha value is -2.17. The average Bonchev–Trinajstić information content (AvgIpc) is 3.00. The number of hydrogen-bond acceptors (Lipinski definition) is 3. The van der Waals surface area contributed by atoms with Crippen molar-refractivity contribution in [1.82, 2.24) is 0 Å². The van der Waals surface area contributed by atoms with E-state index in [0.717, 1.165) is 22.4 Å². The lowest BCUT2D eigenvalue weighted by Crippen LogP contribution is -2.27. The summed E-state index contributed by atoms with van der Waals surface area (Å²) in [4.78, 5) is 14.3. The molecule has 21 heavy (non-hydrogen) atoms. The van der Waals surface area contributed by atoms with Gasteiger partial charge in [-0.15, -0.1) is 0 Å². The molecule has 2 N–H and O–H groups in total. The minimum Gasteiger partial charge on any atom is -0.372 e. The largest absolute Gasteiger partial charge is 0.372 e. The van der Waals surface area contributed by atoms with Crippen LogP contribution < -0.4 is 10.6 Å². The zero-order chi connectivity index (χ0) is 14.8. The number of anilines is 1. The number of nitrogens with two attached hydrogens (primary N) is 1. The molecule has 108 valence electrons. The summed E-state index contributed by atoms with van der Waals surface area (Å²) in [6, 6.07) is 13.4. The van der Waals surface area contributed by atoms with Crippen molar-refractivity contribution in [2.75, 3.05) is 11.9 Å². The minimum atomic E-state index is -0.0365. The third kappa shape index (κ3) is 2.55. The molecule has 0 fully saturated rings. The van der Waals surface area contributed by atoms with Crippen LogP contribution >= 0.6 is 0 Å². The zero-order valence-corrected chi connectivity index (χ0v) is 12.0. The van der Waals surface area contributed by atoms with Gasteiger partial charge in [-0.1, -0.05) is 24.3 Å². The van der Waals surface area contributed by atoms with Crippen LogP contribution in [0.1, 0.15) is 27.0 Å². The summed E-state index contributed by atoms with van der Waals surface area (Å²) in [6.45, 7) is 1.63. The van der Waals surface area contributed by atoms with Gasteiger partial charge in [0.25, 0.3) is 5.91 Å². The van der Waals surface area contributed by atoms with Crippen molar-refractivity contribution in [2.24, 2.45) is 5.73 Å². The second-order valence-corrected chi connectivity index (χ2v) is 5.17. The summed E-state index contributed by atoms with van der Waals surface area (Å²) in [5, 5.41) is 0. The Morgan fingerprint density at radius 1 is 1.19 bits per heavy atom. The van der Waals surface area contributed by atoms with Gasteiger partial charge < -0.3 is 15.4 Å². The van der Waals surface area contributed by atoms with Gasteiger partial charge in [-0.3, -0.25) is 4.79 Å². The average molecular weight is 282 g/mol. The van der Waals surface area contributed by atoms with Gasteiger partial charge in [0.1, 0.15) is 0 Å². The molecule has 4 nitrogen and oxygen atoms in total. The number of amides is 1. The van der Waals surface area contributed by atoms with Gasteiger partial charge in [0.15, 0.2) is 0 Å². The summed E-state index contributed by atoms with van der Waals surface area (Å²) in [7, 11) is 1.78. The Balaban J connectivity index is 1.91. The molecule has 0 saturated carbocycles. The second kappa shape index (κ2) is 5.68. The number of carbonyl (C=O) groups excluding carboxylic acids is 1. The molecule has 0 radical (unpaired) electrons. The maximum atomic E-state index is 12.7. The monoisotopic (exact) mass is 282 g/mol. The molecule has 0 atom stereocenters. The van der Waals surface area contributed by atoms with Crippen LogP contribution in [0.2, 0.25) is 0 Å². The van der Waals surface area contributed by atoms with Crippen LogP contribution in [0.15, 0.2) is 42.5 Å². The van der Waals surface area contributed by atoms with Crippen LogP contribution in [-0.2, 0) is 24.5 Å². The summed E-state index contributed by atoms with van der Waals surface area (Å²) >= 11 is 0. The van der Waals surface area contributed by atoms with Gasteiger partial charge in [0.2, 0.25) is 0 Å². The highest BCUT2D eigenvalue weighted by Crippen LogP contribution is 2.24. The Morgan fingerprint density at radius 3 is 2.76 bits per heavy atom. The minimum absolute atomic E-state index is 0.0365. The van der Waals surface area contributed by atoms with Crippen molar-refractivity contribution in [3.05, 3.63) is 64.7 Å². The van der Waals surface area contributed by atoms with Gasteiger partial charge >= 0.3 is 0 Å². The molecule has 0 aliphatic carbocycles. The molecule has 0 spiro atoms. The number of benzene rings is 2. The lowest BCUT2D eigenvalue weighted by atomic mass is 10.0. The number of nitrogens with zero attached hydrogens (tertiary/aromatic N) is 1.